The van der Waals surface area contributed by atoms with Crippen LogP contribution in [0.2, 0.25) is 0 Å². The molecular formula is C11H15N7O2. The van der Waals surface area contributed by atoms with Crippen LogP contribution in [0.5, 0.6) is 0 Å². The highest BCUT2D eigenvalue weighted by molar-refractivity contribution is 5.69. The van der Waals surface area contributed by atoms with Crippen molar-refractivity contribution in [3.63, 3.8) is 0 Å². The molecule has 0 amide bonds. The first-order valence-electron chi connectivity index (χ1n) is 6.10. The van der Waals surface area contributed by atoms with Gasteiger partial charge in [-0.25, -0.2) is 4.68 Å². The number of nitrogens with two attached hydrogens (primary N) is 1. The molecule has 0 aliphatic carbocycles. The van der Waals surface area contributed by atoms with Crippen molar-refractivity contribution >= 4 is 17.9 Å². The highest BCUT2D eigenvalue weighted by Crippen LogP contribution is 2.06. The number of carbonyl (C=O) groups excluding carboxylic acids is 1. The van der Waals surface area contributed by atoms with Crippen LogP contribution in [-0.2, 0) is 9.53 Å². The van der Waals surface area contributed by atoms with E-state index in [1.54, 1.807) is 25.4 Å². The van der Waals surface area contributed by atoms with E-state index in [9.17, 15) is 4.79 Å². The number of nitrogens with one attached hydrogen (secondary N) is 1. The van der Waals surface area contributed by atoms with E-state index in [2.05, 4.69) is 25.4 Å². The van der Waals surface area contributed by atoms with Crippen LogP contribution in [0.25, 0.3) is 5.95 Å². The topological polar surface area (TPSA) is 121 Å². The second-order valence-corrected chi connectivity index (χ2v) is 3.75. The summed E-state index contributed by atoms with van der Waals surface area (Å²) in [5, 5.41) is 6.90. The Balaban J connectivity index is 2.00. The van der Waals surface area contributed by atoms with Crippen LogP contribution in [0.4, 0.5) is 11.9 Å². The van der Waals surface area contributed by atoms with Gasteiger partial charge in [-0.2, -0.15) is 20.1 Å². The number of esters is 1. The molecule has 2 rings (SSSR count). The van der Waals surface area contributed by atoms with Gasteiger partial charge >= 0.3 is 5.97 Å². The van der Waals surface area contributed by atoms with Crippen LogP contribution in [0.15, 0.2) is 18.5 Å². The molecule has 2 aromatic heterocycles. The van der Waals surface area contributed by atoms with Crippen molar-refractivity contribution in [2.24, 2.45) is 0 Å². The highest BCUT2D eigenvalue weighted by atomic mass is 16.5. The van der Waals surface area contributed by atoms with Gasteiger partial charge in [0.2, 0.25) is 11.9 Å². The van der Waals surface area contributed by atoms with E-state index >= 15 is 0 Å². The van der Waals surface area contributed by atoms with Crippen molar-refractivity contribution < 1.29 is 9.53 Å². The largest absolute Gasteiger partial charge is 0.466 e. The van der Waals surface area contributed by atoms with Gasteiger partial charge in [-0.15, -0.1) is 0 Å². The van der Waals surface area contributed by atoms with Gasteiger partial charge in [0.1, 0.15) is 0 Å². The fourth-order valence-corrected chi connectivity index (χ4v) is 1.46. The quantitative estimate of drug-likeness (QED) is 0.708. The number of rotatable bonds is 6. The molecule has 0 aliphatic rings. The molecule has 0 aromatic carbocycles. The van der Waals surface area contributed by atoms with Gasteiger partial charge in [0, 0.05) is 18.9 Å². The SMILES string of the molecule is CCOC(=O)CCNc1nc(N)nc(-n2cccn2)n1. The maximum atomic E-state index is 11.2. The number of nitrogen functional groups attached to an aromatic ring is 1. The molecule has 0 fully saturated rings. The summed E-state index contributed by atoms with van der Waals surface area (Å²) in [4.78, 5) is 23.3. The van der Waals surface area contributed by atoms with Gasteiger partial charge in [0.05, 0.1) is 13.0 Å². The summed E-state index contributed by atoms with van der Waals surface area (Å²) in [7, 11) is 0. The Hall–Kier alpha value is -2.71. The lowest BCUT2D eigenvalue weighted by Crippen LogP contribution is -2.15. The number of nitrogens with zero attached hydrogens (tertiary/aromatic N) is 5. The smallest absolute Gasteiger partial charge is 0.307 e. The molecule has 0 unspecified atom stereocenters. The Morgan fingerprint density at radius 2 is 2.30 bits per heavy atom. The fraction of sp³-hybridized carbons (Fsp3) is 0.364. The minimum atomic E-state index is -0.283. The summed E-state index contributed by atoms with van der Waals surface area (Å²) in [6.45, 7) is 2.47. The predicted molar refractivity (Wildman–Crippen MR) is 71.1 cm³/mol. The average molecular weight is 277 g/mol. The predicted octanol–water partition coefficient (Wildman–Crippen LogP) is 0.00460. The summed E-state index contributed by atoms with van der Waals surface area (Å²) in [6, 6.07) is 1.74. The number of carbonyl (C=O) groups is 1. The third-order valence-electron chi connectivity index (χ3n) is 2.27. The normalized spacial score (nSPS) is 10.2. The van der Waals surface area contributed by atoms with E-state index in [1.807, 2.05) is 0 Å². The molecule has 0 spiro atoms. The third kappa shape index (κ3) is 3.64. The van der Waals surface area contributed by atoms with Gasteiger partial charge in [-0.1, -0.05) is 0 Å². The molecule has 9 nitrogen and oxygen atoms in total. The van der Waals surface area contributed by atoms with E-state index in [0.29, 0.717) is 19.1 Å². The summed E-state index contributed by atoms with van der Waals surface area (Å²) in [6.07, 6.45) is 3.52. The fourth-order valence-electron chi connectivity index (χ4n) is 1.46. The van der Waals surface area contributed by atoms with Crippen LogP contribution in [0.1, 0.15) is 13.3 Å². The van der Waals surface area contributed by atoms with Gasteiger partial charge in [-0.05, 0) is 13.0 Å². The van der Waals surface area contributed by atoms with Crippen molar-refractivity contribution in [3.8, 4) is 5.95 Å². The zero-order valence-electron chi connectivity index (χ0n) is 11.0. The second-order valence-electron chi connectivity index (χ2n) is 3.75. The molecule has 0 atom stereocenters. The molecule has 9 heteroatoms. The van der Waals surface area contributed by atoms with Crippen LogP contribution >= 0.6 is 0 Å². The Morgan fingerprint density at radius 3 is 3.00 bits per heavy atom. The summed E-state index contributed by atoms with van der Waals surface area (Å²) in [5.41, 5.74) is 5.61. The Labute approximate surface area is 115 Å². The van der Waals surface area contributed by atoms with Crippen molar-refractivity contribution in [3.05, 3.63) is 18.5 Å². The first-order valence-corrected chi connectivity index (χ1v) is 6.10. The Morgan fingerprint density at radius 1 is 1.45 bits per heavy atom. The molecule has 20 heavy (non-hydrogen) atoms. The zero-order chi connectivity index (χ0) is 14.4. The number of ether oxygens (including phenoxy) is 1. The Kier molecular flexibility index (Phi) is 4.43. The van der Waals surface area contributed by atoms with E-state index in [1.165, 1.54) is 4.68 Å². The van der Waals surface area contributed by atoms with Crippen LogP contribution in [-0.4, -0.2) is 43.9 Å². The van der Waals surface area contributed by atoms with Gasteiger partial charge in [0.25, 0.3) is 5.95 Å². The molecule has 0 bridgehead atoms. The number of hydrogen-bond acceptors (Lipinski definition) is 8. The first kappa shape index (κ1) is 13.7. The molecule has 2 aromatic rings. The van der Waals surface area contributed by atoms with Crippen LogP contribution < -0.4 is 11.1 Å². The standard InChI is InChI=1S/C11H15N7O2/c1-2-20-8(19)4-6-13-10-15-9(12)16-11(17-10)18-7-3-5-14-18/h3,5,7H,2,4,6H2,1H3,(H3,12,13,15,16,17). The first-order chi connectivity index (χ1) is 9.69. The molecule has 0 aliphatic heterocycles. The molecule has 0 radical (unpaired) electrons. The van der Waals surface area contributed by atoms with Gasteiger partial charge < -0.3 is 15.8 Å². The lowest BCUT2D eigenvalue weighted by atomic mass is 10.4. The maximum absolute atomic E-state index is 11.2. The lowest BCUT2D eigenvalue weighted by molar-refractivity contribution is -0.142. The van der Waals surface area contributed by atoms with E-state index in [4.69, 9.17) is 10.5 Å². The lowest BCUT2D eigenvalue weighted by Gasteiger charge is -2.07. The second kappa shape index (κ2) is 6.45. The van der Waals surface area contributed by atoms with Crippen molar-refractivity contribution in [2.45, 2.75) is 13.3 Å². The zero-order valence-corrected chi connectivity index (χ0v) is 11.0. The monoisotopic (exact) mass is 277 g/mol. The number of hydrogen-bond donors (Lipinski definition) is 2. The minimum absolute atomic E-state index is 0.0733. The summed E-state index contributed by atoms with van der Waals surface area (Å²) >= 11 is 0. The van der Waals surface area contributed by atoms with Gasteiger partial charge in [-0.3, -0.25) is 4.79 Å². The van der Waals surface area contributed by atoms with Crippen LogP contribution in [0.3, 0.4) is 0 Å². The summed E-state index contributed by atoms with van der Waals surface area (Å²) < 4.78 is 6.28. The van der Waals surface area contributed by atoms with Crippen molar-refractivity contribution in [2.75, 3.05) is 24.2 Å². The summed E-state index contributed by atoms with van der Waals surface area (Å²) in [5.74, 6) is 0.381. The maximum Gasteiger partial charge on any atom is 0.307 e. The van der Waals surface area contributed by atoms with Gasteiger partial charge in [0.15, 0.2) is 0 Å². The van der Waals surface area contributed by atoms with Crippen LogP contribution in [0, 0.1) is 0 Å². The van der Waals surface area contributed by atoms with Crippen molar-refractivity contribution in [1.29, 1.82) is 0 Å². The number of anilines is 2. The molecule has 0 saturated carbocycles. The third-order valence-corrected chi connectivity index (χ3v) is 2.27. The molecule has 0 saturated heterocycles. The minimum Gasteiger partial charge on any atom is -0.466 e. The average Bonchev–Trinajstić information content (AvgIpc) is 2.92. The van der Waals surface area contributed by atoms with Crippen molar-refractivity contribution in [1.82, 2.24) is 24.7 Å². The molecule has 3 N–H and O–H groups in total. The molecular weight excluding hydrogens is 262 g/mol. The van der Waals surface area contributed by atoms with E-state index in [0.717, 1.165) is 0 Å². The van der Waals surface area contributed by atoms with E-state index in [-0.39, 0.29) is 24.3 Å². The molecule has 106 valence electrons. The highest BCUT2D eigenvalue weighted by Gasteiger charge is 2.07. The number of aromatic nitrogens is 5. The molecule has 2 heterocycles. The van der Waals surface area contributed by atoms with E-state index < -0.39 is 0 Å². The Bertz CT molecular complexity index is 570.